The van der Waals surface area contributed by atoms with Gasteiger partial charge in [-0.2, -0.15) is 43.2 Å². The van der Waals surface area contributed by atoms with Crippen LogP contribution < -0.4 is 0 Å². The maximum atomic E-state index is 12.8. The number of rotatable bonds is 4. The topological polar surface area (TPSA) is 77.5 Å². The molecule has 0 aromatic heterocycles. The van der Waals surface area contributed by atoms with Gasteiger partial charge in [0.1, 0.15) is 0 Å². The van der Waals surface area contributed by atoms with Gasteiger partial charge < -0.3 is 0 Å². The van der Waals surface area contributed by atoms with Gasteiger partial charge in [0.05, 0.1) is 11.2 Å². The number of hydrogen-bond donors (Lipinski definition) is 0. The monoisotopic (exact) mass is 406 g/mol. The van der Waals surface area contributed by atoms with Crippen molar-refractivity contribution in [3.8, 4) is 0 Å². The Morgan fingerprint density at radius 3 is 1.83 bits per heavy atom. The fraction of sp³-hybridized carbons (Fsp3) is 1.00. The summed E-state index contributed by atoms with van der Waals surface area (Å²) in [6.45, 7) is 2.97. The molecule has 0 N–H and O–H groups in total. The van der Waals surface area contributed by atoms with Crippen molar-refractivity contribution in [1.82, 2.24) is 0 Å². The van der Waals surface area contributed by atoms with Gasteiger partial charge in [0, 0.05) is 0 Å². The predicted molar refractivity (Wildman–Crippen MR) is 70.5 cm³/mol. The molecule has 3 atom stereocenters. The molecule has 1 aliphatic carbocycles. The third-order valence-corrected chi connectivity index (χ3v) is 7.33. The van der Waals surface area contributed by atoms with Gasteiger partial charge in [0.25, 0.3) is 10.1 Å². The molecule has 1 aliphatic rings. The molecule has 1 rings (SSSR count). The van der Waals surface area contributed by atoms with E-state index in [0.717, 1.165) is 0 Å². The van der Waals surface area contributed by atoms with Crippen LogP contribution in [0.15, 0.2) is 0 Å². The molecule has 1 fully saturated rings. The first-order chi connectivity index (χ1) is 10.5. The molecule has 0 amide bonds. The minimum absolute atomic E-state index is 0.221. The smallest absolute Gasteiger partial charge is 0.198 e. The average Bonchev–Trinajstić information content (AvgIpc) is 2.34. The van der Waals surface area contributed by atoms with Crippen LogP contribution in [0, 0.1) is 17.8 Å². The third kappa shape index (κ3) is 4.75. The van der Waals surface area contributed by atoms with Crippen molar-refractivity contribution >= 4 is 20.2 Å². The van der Waals surface area contributed by atoms with E-state index in [2.05, 4.69) is 3.63 Å². The zero-order chi connectivity index (χ0) is 19.1. The van der Waals surface area contributed by atoms with E-state index in [1.807, 2.05) is 0 Å². The van der Waals surface area contributed by atoms with E-state index in [9.17, 15) is 43.2 Å². The van der Waals surface area contributed by atoms with Crippen molar-refractivity contribution in [3.63, 3.8) is 0 Å². The van der Waals surface area contributed by atoms with Crippen LogP contribution in [-0.4, -0.2) is 33.8 Å². The molecule has 0 aliphatic heterocycles. The number of hydrogen-bond acceptors (Lipinski definition) is 5. The summed E-state index contributed by atoms with van der Waals surface area (Å²) in [4.78, 5) is 0. The molecule has 0 saturated heterocycles. The molecular formula is C11H16F6O5S2. The van der Waals surface area contributed by atoms with E-state index in [0.29, 0.717) is 0 Å². The third-order valence-electron chi connectivity index (χ3n) is 4.00. The van der Waals surface area contributed by atoms with Crippen LogP contribution >= 0.6 is 0 Å². The number of halogens is 6. The maximum Gasteiger partial charge on any atom is 0.524 e. The Morgan fingerprint density at radius 2 is 1.46 bits per heavy atom. The molecule has 0 spiro atoms. The summed E-state index contributed by atoms with van der Waals surface area (Å²) in [7, 11) is -11.9. The molecule has 5 nitrogen and oxygen atoms in total. The Hall–Kier alpha value is -0.560. The Kier molecular flexibility index (Phi) is 5.94. The molecule has 0 radical (unpaired) electrons. The Morgan fingerprint density at radius 1 is 0.958 bits per heavy atom. The molecule has 0 heterocycles. The minimum Gasteiger partial charge on any atom is -0.198 e. The van der Waals surface area contributed by atoms with Crippen molar-refractivity contribution in [1.29, 1.82) is 0 Å². The second kappa shape index (κ2) is 6.63. The van der Waals surface area contributed by atoms with Crippen LogP contribution in [-0.2, 0) is 23.9 Å². The lowest BCUT2D eigenvalue weighted by Crippen LogP contribution is -2.44. The highest BCUT2D eigenvalue weighted by Crippen LogP contribution is 2.45. The van der Waals surface area contributed by atoms with Crippen molar-refractivity contribution in [3.05, 3.63) is 0 Å². The van der Waals surface area contributed by atoms with E-state index in [1.165, 1.54) is 13.8 Å². The normalized spacial score (nSPS) is 27.5. The van der Waals surface area contributed by atoms with Gasteiger partial charge in [-0.05, 0) is 31.1 Å². The molecule has 1 saturated carbocycles. The van der Waals surface area contributed by atoms with E-state index in [-0.39, 0.29) is 12.8 Å². The quantitative estimate of drug-likeness (QED) is 0.529. The largest absolute Gasteiger partial charge is 0.524 e. The highest BCUT2D eigenvalue weighted by atomic mass is 32.3. The molecule has 24 heavy (non-hydrogen) atoms. The summed E-state index contributed by atoms with van der Waals surface area (Å²) in [6, 6.07) is 0. The lowest BCUT2D eigenvalue weighted by atomic mass is 9.76. The molecule has 0 bridgehead atoms. The molecule has 0 aromatic carbocycles. The van der Waals surface area contributed by atoms with Gasteiger partial charge in [-0.25, -0.2) is 0 Å². The van der Waals surface area contributed by atoms with E-state index < -0.39 is 61.3 Å². The summed E-state index contributed by atoms with van der Waals surface area (Å²) in [5.74, 6) is -3.49. The summed E-state index contributed by atoms with van der Waals surface area (Å²) in [5.41, 5.74) is -5.99. The van der Waals surface area contributed by atoms with Crippen LogP contribution in [0.25, 0.3) is 0 Å². The fourth-order valence-electron chi connectivity index (χ4n) is 2.76. The van der Waals surface area contributed by atoms with Crippen LogP contribution in [0.4, 0.5) is 26.3 Å². The standard InChI is InChI=1S/C11H16F6O5S2/c1-6(2)8-4-3-7(10(12,13)14)5-9(8)23(18,19)22-24(20,21)11(15,16)17/h6-9H,3-5H2,1-2H3. The van der Waals surface area contributed by atoms with Crippen molar-refractivity contribution in [2.75, 3.05) is 0 Å². The SMILES string of the molecule is CC(C)C1CCC(C(F)(F)F)CC1S(=O)(=O)OS(=O)(=O)C(F)(F)F. The number of alkyl halides is 6. The first kappa shape index (κ1) is 21.5. The maximum absolute atomic E-state index is 12.8. The molecule has 3 unspecified atom stereocenters. The molecule has 144 valence electrons. The van der Waals surface area contributed by atoms with Gasteiger partial charge in [0.15, 0.2) is 0 Å². The second-order valence-electron chi connectivity index (χ2n) is 5.96. The minimum atomic E-state index is -6.48. The van der Waals surface area contributed by atoms with E-state index in [1.54, 1.807) is 0 Å². The summed E-state index contributed by atoms with van der Waals surface area (Å²) in [5, 5.41) is -1.99. The van der Waals surface area contributed by atoms with Gasteiger partial charge >= 0.3 is 21.8 Å². The zero-order valence-electron chi connectivity index (χ0n) is 12.6. The average molecular weight is 406 g/mol. The van der Waals surface area contributed by atoms with Crippen LogP contribution in [0.2, 0.25) is 0 Å². The lowest BCUT2D eigenvalue weighted by molar-refractivity contribution is -0.184. The first-order valence-electron chi connectivity index (χ1n) is 6.82. The fourth-order valence-corrected chi connectivity index (χ4v) is 5.82. The van der Waals surface area contributed by atoms with Crippen LogP contribution in [0.1, 0.15) is 33.1 Å². The Labute approximate surface area is 135 Å². The Bertz CT molecular complexity index is 649. The van der Waals surface area contributed by atoms with Gasteiger partial charge in [0.2, 0.25) is 0 Å². The van der Waals surface area contributed by atoms with Gasteiger partial charge in [-0.15, -0.1) is 3.63 Å². The highest BCUT2D eigenvalue weighted by molar-refractivity contribution is 8.00. The highest BCUT2D eigenvalue weighted by Gasteiger charge is 2.55. The van der Waals surface area contributed by atoms with Crippen molar-refractivity contribution in [2.24, 2.45) is 17.8 Å². The lowest BCUT2D eigenvalue weighted by Gasteiger charge is -2.37. The molecule has 13 heteroatoms. The van der Waals surface area contributed by atoms with Crippen molar-refractivity contribution < 1.29 is 46.8 Å². The first-order valence-corrected chi connectivity index (χ1v) is 9.70. The molecular weight excluding hydrogens is 390 g/mol. The molecule has 0 aromatic rings. The van der Waals surface area contributed by atoms with Crippen LogP contribution in [0.5, 0.6) is 0 Å². The van der Waals surface area contributed by atoms with E-state index in [4.69, 9.17) is 0 Å². The van der Waals surface area contributed by atoms with E-state index >= 15 is 0 Å². The van der Waals surface area contributed by atoms with Crippen molar-refractivity contribution in [2.45, 2.75) is 50.0 Å². The second-order valence-corrected chi connectivity index (χ2v) is 9.47. The summed E-state index contributed by atoms with van der Waals surface area (Å²) >= 11 is 0. The van der Waals surface area contributed by atoms with Gasteiger partial charge in [-0.3, -0.25) is 0 Å². The summed E-state index contributed by atoms with van der Waals surface area (Å²) in [6.07, 6.45) is -6.38. The Balaban J connectivity index is 3.20. The predicted octanol–water partition coefficient (Wildman–Crippen LogP) is 3.19. The zero-order valence-corrected chi connectivity index (χ0v) is 14.2. The summed E-state index contributed by atoms with van der Waals surface area (Å²) < 4.78 is 124. The van der Waals surface area contributed by atoms with Gasteiger partial charge in [-0.1, -0.05) is 13.8 Å². The van der Waals surface area contributed by atoms with Crippen LogP contribution in [0.3, 0.4) is 0 Å².